The maximum atomic E-state index is 12.2. The van der Waals surface area contributed by atoms with E-state index >= 15 is 0 Å². The second kappa shape index (κ2) is 11.9. The molecular formula is C24H27ClN8O2. The third kappa shape index (κ3) is 6.31. The number of fused-ring (bicyclic) bond motifs is 1. The van der Waals surface area contributed by atoms with E-state index in [1.807, 2.05) is 55.4 Å². The van der Waals surface area contributed by atoms with Crippen molar-refractivity contribution in [3.8, 4) is 11.4 Å². The molecule has 0 unspecified atom stereocenters. The topological polar surface area (TPSA) is 110 Å². The Labute approximate surface area is 209 Å². The van der Waals surface area contributed by atoms with E-state index in [1.54, 1.807) is 36.3 Å². The van der Waals surface area contributed by atoms with Gasteiger partial charge >= 0.3 is 0 Å². The molecule has 1 amide bonds. The molecule has 0 aliphatic rings. The van der Waals surface area contributed by atoms with Crippen molar-refractivity contribution < 1.29 is 9.53 Å². The summed E-state index contributed by atoms with van der Waals surface area (Å²) in [5.74, 6) is 1.17. The van der Waals surface area contributed by atoms with E-state index in [-0.39, 0.29) is 18.3 Å². The zero-order chi connectivity index (χ0) is 23.9. The van der Waals surface area contributed by atoms with E-state index in [1.165, 1.54) is 6.33 Å². The molecule has 0 saturated heterocycles. The van der Waals surface area contributed by atoms with Gasteiger partial charge in [0, 0.05) is 24.7 Å². The first-order valence-corrected chi connectivity index (χ1v) is 10.7. The summed E-state index contributed by atoms with van der Waals surface area (Å²) in [5, 5.41) is 12.4. The standard InChI is InChI=1S/C24H26N8O2.ClH/c1-31(2)12-11-25-24(33)18-9-7-17(8-10-18)14-28-30-22-21-15-29-32(23(21)27-16-26-22)19-5-4-6-20(13-19)34-3;/h4-10,13-16H,11-12H2,1-3H3,(H,25,33)(H,26,27,30);1H/b28-14+;. The molecule has 35 heavy (non-hydrogen) atoms. The van der Waals surface area contributed by atoms with Crippen molar-refractivity contribution in [2.45, 2.75) is 0 Å². The number of halogens is 1. The summed E-state index contributed by atoms with van der Waals surface area (Å²) in [6.07, 6.45) is 4.81. The average Bonchev–Trinajstić information content (AvgIpc) is 3.29. The summed E-state index contributed by atoms with van der Waals surface area (Å²) in [5.41, 5.74) is 5.87. The summed E-state index contributed by atoms with van der Waals surface area (Å²) in [6, 6.07) is 14.8. The van der Waals surface area contributed by atoms with Crippen molar-refractivity contribution in [1.82, 2.24) is 30.0 Å². The molecule has 2 heterocycles. The number of rotatable bonds is 9. The van der Waals surface area contributed by atoms with Crippen LogP contribution in [-0.2, 0) is 0 Å². The number of anilines is 1. The lowest BCUT2D eigenvalue weighted by molar-refractivity contribution is 0.0951. The van der Waals surface area contributed by atoms with E-state index < -0.39 is 0 Å². The predicted octanol–water partition coefficient (Wildman–Crippen LogP) is 2.98. The molecule has 0 aliphatic carbocycles. The van der Waals surface area contributed by atoms with E-state index in [0.29, 0.717) is 23.6 Å². The molecule has 0 fully saturated rings. The quantitative estimate of drug-likeness (QED) is 0.272. The van der Waals surface area contributed by atoms with E-state index in [2.05, 4.69) is 30.9 Å². The molecular weight excluding hydrogens is 468 g/mol. The first-order chi connectivity index (χ1) is 16.5. The van der Waals surface area contributed by atoms with Crippen LogP contribution in [-0.4, -0.2) is 71.1 Å². The molecule has 2 N–H and O–H groups in total. The van der Waals surface area contributed by atoms with E-state index in [4.69, 9.17) is 4.74 Å². The van der Waals surface area contributed by atoms with Crippen LogP contribution >= 0.6 is 12.4 Å². The molecule has 2 aromatic carbocycles. The van der Waals surface area contributed by atoms with Gasteiger partial charge in [-0.15, -0.1) is 12.4 Å². The van der Waals surface area contributed by atoms with E-state index in [9.17, 15) is 4.79 Å². The van der Waals surface area contributed by atoms with Crippen molar-refractivity contribution in [2.75, 3.05) is 39.7 Å². The lowest BCUT2D eigenvalue weighted by Gasteiger charge is -2.10. The van der Waals surface area contributed by atoms with Crippen LogP contribution in [0.1, 0.15) is 15.9 Å². The second-order valence-electron chi connectivity index (χ2n) is 7.77. The number of hydrogen-bond donors (Lipinski definition) is 2. The molecule has 10 nitrogen and oxygen atoms in total. The number of ether oxygens (including phenoxy) is 1. The smallest absolute Gasteiger partial charge is 0.251 e. The van der Waals surface area contributed by atoms with Gasteiger partial charge in [0.25, 0.3) is 5.91 Å². The number of hydrogen-bond acceptors (Lipinski definition) is 8. The van der Waals surface area contributed by atoms with E-state index in [0.717, 1.165) is 28.9 Å². The number of nitrogens with zero attached hydrogens (tertiary/aromatic N) is 6. The lowest BCUT2D eigenvalue weighted by atomic mass is 10.1. The number of nitrogens with one attached hydrogen (secondary N) is 2. The largest absolute Gasteiger partial charge is 0.497 e. The SMILES string of the molecule is COc1cccc(-n2ncc3c(N/N=C/c4ccc(C(=O)NCCN(C)C)cc4)ncnc32)c1.Cl. The van der Waals surface area contributed by atoms with Gasteiger partial charge in [0.05, 0.1) is 30.6 Å². The zero-order valence-corrected chi connectivity index (χ0v) is 20.5. The molecule has 0 radical (unpaired) electrons. The number of aromatic nitrogens is 4. The highest BCUT2D eigenvalue weighted by Gasteiger charge is 2.11. The Kier molecular flexibility index (Phi) is 8.71. The third-order valence-electron chi connectivity index (χ3n) is 5.07. The predicted molar refractivity (Wildman–Crippen MR) is 139 cm³/mol. The van der Waals surface area contributed by atoms with Crippen molar-refractivity contribution >= 4 is 41.4 Å². The average molecular weight is 495 g/mol. The number of carbonyl (C=O) groups is 1. The van der Waals surface area contributed by atoms with Crippen molar-refractivity contribution in [3.05, 3.63) is 72.2 Å². The van der Waals surface area contributed by atoms with Crippen LogP contribution in [0.3, 0.4) is 0 Å². The molecule has 0 atom stereocenters. The maximum Gasteiger partial charge on any atom is 0.251 e. The Morgan fingerprint density at radius 2 is 1.97 bits per heavy atom. The Bertz CT molecular complexity index is 1300. The van der Waals surface area contributed by atoms with Gasteiger partial charge in [0.15, 0.2) is 11.5 Å². The Balaban J connectivity index is 0.00000342. The van der Waals surface area contributed by atoms with Crippen LogP contribution in [0, 0.1) is 0 Å². The fourth-order valence-electron chi connectivity index (χ4n) is 3.25. The summed E-state index contributed by atoms with van der Waals surface area (Å²) in [7, 11) is 5.55. The summed E-state index contributed by atoms with van der Waals surface area (Å²) in [4.78, 5) is 22.9. The molecule has 2 aromatic heterocycles. The number of likely N-dealkylation sites (N-methyl/N-ethyl adjacent to an activating group) is 1. The zero-order valence-electron chi connectivity index (χ0n) is 19.7. The minimum atomic E-state index is -0.0973. The first-order valence-electron chi connectivity index (χ1n) is 10.7. The van der Waals surface area contributed by atoms with Gasteiger partial charge in [0.2, 0.25) is 0 Å². The van der Waals surface area contributed by atoms with Crippen LogP contribution in [0.25, 0.3) is 16.7 Å². The third-order valence-corrected chi connectivity index (χ3v) is 5.07. The van der Waals surface area contributed by atoms with Crippen molar-refractivity contribution in [1.29, 1.82) is 0 Å². The van der Waals surface area contributed by atoms with Crippen LogP contribution in [0.5, 0.6) is 5.75 Å². The minimum absolute atomic E-state index is 0. The van der Waals surface area contributed by atoms with Crippen LogP contribution in [0.2, 0.25) is 0 Å². The van der Waals surface area contributed by atoms with Crippen LogP contribution in [0.4, 0.5) is 5.82 Å². The Morgan fingerprint density at radius 3 is 2.71 bits per heavy atom. The highest BCUT2D eigenvalue weighted by molar-refractivity contribution is 5.95. The van der Waals surface area contributed by atoms with Gasteiger partial charge in [-0.05, 0) is 43.9 Å². The summed E-state index contributed by atoms with van der Waals surface area (Å²) >= 11 is 0. The molecule has 11 heteroatoms. The fraction of sp³-hybridized carbons (Fsp3) is 0.208. The highest BCUT2D eigenvalue weighted by atomic mass is 35.5. The number of amides is 1. The monoisotopic (exact) mass is 494 g/mol. The Morgan fingerprint density at radius 1 is 1.17 bits per heavy atom. The second-order valence-corrected chi connectivity index (χ2v) is 7.77. The highest BCUT2D eigenvalue weighted by Crippen LogP contribution is 2.23. The molecule has 182 valence electrons. The number of carbonyl (C=O) groups excluding carboxylic acids is 1. The minimum Gasteiger partial charge on any atom is -0.497 e. The molecule has 0 saturated carbocycles. The number of hydrazone groups is 1. The maximum absolute atomic E-state index is 12.2. The van der Waals surface area contributed by atoms with Gasteiger partial charge in [-0.2, -0.15) is 10.2 Å². The molecule has 0 spiro atoms. The van der Waals surface area contributed by atoms with Crippen molar-refractivity contribution in [2.24, 2.45) is 5.10 Å². The first kappa shape index (κ1) is 25.6. The molecule has 4 rings (SSSR count). The van der Waals surface area contributed by atoms with Gasteiger partial charge in [0.1, 0.15) is 12.1 Å². The van der Waals surface area contributed by atoms with Crippen LogP contribution < -0.4 is 15.5 Å². The normalized spacial score (nSPS) is 11.0. The van der Waals surface area contributed by atoms with Crippen LogP contribution in [0.15, 0.2) is 66.2 Å². The Hall–Kier alpha value is -4.02. The summed E-state index contributed by atoms with van der Waals surface area (Å²) in [6.45, 7) is 1.39. The number of methoxy groups -OCH3 is 1. The number of benzene rings is 2. The van der Waals surface area contributed by atoms with Gasteiger partial charge in [-0.1, -0.05) is 18.2 Å². The summed E-state index contributed by atoms with van der Waals surface area (Å²) < 4.78 is 7.02. The molecule has 0 aliphatic heterocycles. The van der Waals surface area contributed by atoms with Gasteiger partial charge < -0.3 is 15.0 Å². The van der Waals surface area contributed by atoms with Crippen molar-refractivity contribution in [3.63, 3.8) is 0 Å². The molecule has 4 aromatic rings. The fourth-order valence-corrected chi connectivity index (χ4v) is 3.25. The lowest BCUT2D eigenvalue weighted by Crippen LogP contribution is -2.31. The molecule has 0 bridgehead atoms. The van der Waals surface area contributed by atoms with Gasteiger partial charge in [-0.25, -0.2) is 14.6 Å². The van der Waals surface area contributed by atoms with Gasteiger partial charge in [-0.3, -0.25) is 10.2 Å².